The quantitative estimate of drug-likeness (QED) is 0.900. The van der Waals surface area contributed by atoms with Crippen LogP contribution >= 0.6 is 0 Å². The number of aryl methyl sites for hydroxylation is 1. The van der Waals surface area contributed by atoms with Gasteiger partial charge < -0.3 is 10.1 Å². The third-order valence-corrected chi connectivity index (χ3v) is 3.47. The van der Waals surface area contributed by atoms with Gasteiger partial charge in [-0.15, -0.1) is 0 Å². The number of benzene rings is 2. The number of rotatable bonds is 2. The van der Waals surface area contributed by atoms with Crippen LogP contribution in [0.15, 0.2) is 42.5 Å². The molecule has 3 rings (SSSR count). The maximum absolute atomic E-state index is 13.2. The maximum atomic E-state index is 13.2. The Morgan fingerprint density at radius 3 is 2.75 bits per heavy atom. The van der Waals surface area contributed by atoms with Crippen LogP contribution in [0, 0.1) is 11.6 Å². The first-order chi connectivity index (χ1) is 9.72. The highest BCUT2D eigenvalue weighted by atomic mass is 19.2. The first-order valence-electron chi connectivity index (χ1n) is 6.66. The van der Waals surface area contributed by atoms with Gasteiger partial charge in [0.1, 0.15) is 11.9 Å². The molecule has 2 nitrogen and oxygen atoms in total. The Morgan fingerprint density at radius 2 is 1.90 bits per heavy atom. The molecular formula is C16H15F2NO. The molecule has 1 atom stereocenters. The van der Waals surface area contributed by atoms with Crippen LogP contribution in [0.25, 0.3) is 0 Å². The zero-order valence-electron chi connectivity index (χ0n) is 10.9. The largest absolute Gasteiger partial charge is 0.488 e. The number of hydrogen-bond donors (Lipinski definition) is 1. The predicted molar refractivity (Wildman–Crippen MR) is 74.0 cm³/mol. The van der Waals surface area contributed by atoms with Gasteiger partial charge in [0.05, 0.1) is 6.54 Å². The lowest BCUT2D eigenvalue weighted by molar-refractivity contribution is 0.205. The lowest BCUT2D eigenvalue weighted by Crippen LogP contribution is -2.24. The second-order valence-corrected chi connectivity index (χ2v) is 4.89. The highest BCUT2D eigenvalue weighted by molar-refractivity contribution is 5.52. The minimum Gasteiger partial charge on any atom is -0.488 e. The summed E-state index contributed by atoms with van der Waals surface area (Å²) in [6.45, 7) is 0.649. The summed E-state index contributed by atoms with van der Waals surface area (Å²) in [7, 11) is 0. The summed E-state index contributed by atoms with van der Waals surface area (Å²) in [5.74, 6) is -1.38. The Balaban J connectivity index is 1.69. The number of ether oxygens (including phenoxy) is 1. The third-order valence-electron chi connectivity index (χ3n) is 3.47. The minimum atomic E-state index is -0.882. The highest BCUT2D eigenvalue weighted by Gasteiger charge is 2.17. The van der Waals surface area contributed by atoms with Crippen LogP contribution in [-0.4, -0.2) is 12.6 Å². The molecule has 2 aromatic rings. The fourth-order valence-corrected chi connectivity index (χ4v) is 2.40. The summed E-state index contributed by atoms with van der Waals surface area (Å²) in [6, 6.07) is 11.8. The van der Waals surface area contributed by atoms with Crippen LogP contribution in [0.2, 0.25) is 0 Å². The van der Waals surface area contributed by atoms with Crippen LogP contribution in [0.3, 0.4) is 0 Å². The van der Waals surface area contributed by atoms with E-state index in [-0.39, 0.29) is 6.10 Å². The molecule has 0 amide bonds. The van der Waals surface area contributed by atoms with Gasteiger partial charge in [0, 0.05) is 11.8 Å². The molecule has 0 spiro atoms. The molecule has 0 aliphatic carbocycles. The second-order valence-electron chi connectivity index (χ2n) is 4.89. The number of hydrogen-bond acceptors (Lipinski definition) is 2. The number of nitrogens with one attached hydrogen (secondary N) is 1. The van der Waals surface area contributed by atoms with E-state index >= 15 is 0 Å². The molecular weight excluding hydrogens is 260 g/mol. The van der Waals surface area contributed by atoms with E-state index in [1.807, 2.05) is 18.2 Å². The molecule has 2 aromatic carbocycles. The lowest BCUT2D eigenvalue weighted by Gasteiger charge is -2.17. The molecule has 0 saturated heterocycles. The average Bonchev–Trinajstić information content (AvgIpc) is 2.66. The first kappa shape index (κ1) is 12.9. The van der Waals surface area contributed by atoms with E-state index in [0.29, 0.717) is 12.3 Å². The van der Waals surface area contributed by atoms with Crippen LogP contribution in [0.5, 0.6) is 5.75 Å². The van der Waals surface area contributed by atoms with Gasteiger partial charge in [-0.25, -0.2) is 8.78 Å². The Morgan fingerprint density at radius 1 is 1.05 bits per heavy atom. The zero-order valence-corrected chi connectivity index (χ0v) is 10.9. The summed E-state index contributed by atoms with van der Waals surface area (Å²) in [4.78, 5) is 0. The van der Waals surface area contributed by atoms with Gasteiger partial charge in [0.25, 0.3) is 0 Å². The van der Waals surface area contributed by atoms with Crippen LogP contribution in [0.1, 0.15) is 12.0 Å². The first-order valence-corrected chi connectivity index (χ1v) is 6.66. The van der Waals surface area contributed by atoms with E-state index in [0.717, 1.165) is 30.7 Å². The third kappa shape index (κ3) is 2.74. The van der Waals surface area contributed by atoms with Gasteiger partial charge in [0.2, 0.25) is 0 Å². The molecule has 0 bridgehead atoms. The van der Waals surface area contributed by atoms with E-state index in [1.165, 1.54) is 11.6 Å². The van der Waals surface area contributed by atoms with Crippen molar-refractivity contribution in [2.75, 3.05) is 11.9 Å². The van der Waals surface area contributed by atoms with Gasteiger partial charge in [0.15, 0.2) is 11.6 Å². The van der Waals surface area contributed by atoms with E-state index in [4.69, 9.17) is 4.74 Å². The van der Waals surface area contributed by atoms with Crippen LogP contribution in [-0.2, 0) is 6.42 Å². The van der Waals surface area contributed by atoms with Crippen molar-refractivity contribution in [3.8, 4) is 5.75 Å². The Kier molecular flexibility index (Phi) is 3.54. The summed E-state index contributed by atoms with van der Waals surface area (Å²) < 4.78 is 31.8. The Bertz CT molecular complexity index is 588. The van der Waals surface area contributed by atoms with Crippen molar-refractivity contribution in [3.05, 3.63) is 59.7 Å². The maximum Gasteiger partial charge on any atom is 0.162 e. The van der Waals surface area contributed by atoms with Crippen molar-refractivity contribution >= 4 is 5.69 Å². The Hall–Kier alpha value is -2.10. The predicted octanol–water partition coefficient (Wildman–Crippen LogP) is 3.77. The van der Waals surface area contributed by atoms with Crippen molar-refractivity contribution in [1.29, 1.82) is 0 Å². The molecule has 1 heterocycles. The second kappa shape index (κ2) is 5.49. The fourth-order valence-electron chi connectivity index (χ4n) is 2.40. The molecule has 0 radical (unpaired) electrons. The van der Waals surface area contributed by atoms with Gasteiger partial charge >= 0.3 is 0 Å². The molecule has 1 unspecified atom stereocenters. The van der Waals surface area contributed by atoms with E-state index in [2.05, 4.69) is 11.4 Å². The average molecular weight is 275 g/mol. The van der Waals surface area contributed by atoms with Gasteiger partial charge in [-0.05, 0) is 36.6 Å². The molecule has 20 heavy (non-hydrogen) atoms. The summed E-state index contributed by atoms with van der Waals surface area (Å²) >= 11 is 0. The van der Waals surface area contributed by atoms with E-state index in [9.17, 15) is 8.78 Å². The SMILES string of the molecule is Fc1ccc(OC2CCc3ccccc3NC2)cc1F. The van der Waals surface area contributed by atoms with Crippen molar-refractivity contribution in [3.63, 3.8) is 0 Å². The van der Waals surface area contributed by atoms with Gasteiger partial charge in [-0.2, -0.15) is 0 Å². The molecule has 0 aromatic heterocycles. The molecule has 1 aliphatic rings. The topological polar surface area (TPSA) is 21.3 Å². The van der Waals surface area contributed by atoms with Gasteiger partial charge in [-0.1, -0.05) is 18.2 Å². The fraction of sp³-hybridized carbons (Fsp3) is 0.250. The summed E-state index contributed by atoms with van der Waals surface area (Å²) in [6.07, 6.45) is 1.67. The van der Waals surface area contributed by atoms with E-state index < -0.39 is 11.6 Å². The number of para-hydroxylation sites is 1. The number of halogens is 2. The number of fused-ring (bicyclic) bond motifs is 1. The molecule has 1 N–H and O–H groups in total. The lowest BCUT2D eigenvalue weighted by atomic mass is 10.1. The molecule has 0 fully saturated rings. The van der Waals surface area contributed by atoms with Crippen molar-refractivity contribution in [1.82, 2.24) is 0 Å². The molecule has 1 aliphatic heterocycles. The summed E-state index contributed by atoms with van der Waals surface area (Å²) in [5, 5.41) is 3.33. The smallest absolute Gasteiger partial charge is 0.162 e. The highest BCUT2D eigenvalue weighted by Crippen LogP contribution is 2.24. The van der Waals surface area contributed by atoms with Crippen LogP contribution in [0.4, 0.5) is 14.5 Å². The van der Waals surface area contributed by atoms with Crippen molar-refractivity contribution in [2.45, 2.75) is 18.9 Å². The van der Waals surface area contributed by atoms with E-state index in [1.54, 1.807) is 0 Å². The molecule has 104 valence electrons. The zero-order chi connectivity index (χ0) is 13.9. The Labute approximate surface area is 116 Å². The molecule has 0 saturated carbocycles. The van der Waals surface area contributed by atoms with Crippen LogP contribution < -0.4 is 10.1 Å². The monoisotopic (exact) mass is 275 g/mol. The summed E-state index contributed by atoms with van der Waals surface area (Å²) in [5.41, 5.74) is 2.37. The van der Waals surface area contributed by atoms with Crippen molar-refractivity contribution < 1.29 is 13.5 Å². The minimum absolute atomic E-state index is 0.0627. The standard InChI is InChI=1S/C16H15F2NO/c17-14-8-7-12(9-15(14)18)20-13-6-5-11-3-1-2-4-16(11)19-10-13/h1-4,7-9,13,19H,5-6,10H2. The number of anilines is 1. The van der Waals surface area contributed by atoms with Gasteiger partial charge in [-0.3, -0.25) is 0 Å². The normalized spacial score (nSPS) is 17.8. The molecule has 4 heteroatoms. The van der Waals surface area contributed by atoms with Crippen molar-refractivity contribution in [2.24, 2.45) is 0 Å².